The van der Waals surface area contributed by atoms with Crippen molar-refractivity contribution in [3.05, 3.63) is 11.2 Å². The summed E-state index contributed by atoms with van der Waals surface area (Å²) in [6.45, 7) is 10.0. The van der Waals surface area contributed by atoms with Gasteiger partial charge in [0.05, 0.1) is 7.11 Å². The van der Waals surface area contributed by atoms with E-state index in [0.717, 1.165) is 0 Å². The third-order valence-electron chi connectivity index (χ3n) is 2.94. The number of rotatable bonds is 2. The number of nitrogens with zero attached hydrogens (tertiary/aromatic N) is 3. The number of imide groups is 1. The lowest BCUT2D eigenvalue weighted by molar-refractivity contribution is 0.0428. The van der Waals surface area contributed by atoms with Gasteiger partial charge in [0, 0.05) is 6.07 Å². The number of carbonyl (C=O) groups excluding carboxylic acids is 2. The maximum Gasteiger partial charge on any atom is 0.425 e. The Labute approximate surface area is 161 Å². The lowest BCUT2D eigenvalue weighted by Crippen LogP contribution is -2.44. The number of halogens is 1. The van der Waals surface area contributed by atoms with Crippen molar-refractivity contribution in [2.24, 2.45) is 0 Å². The number of aromatic nitrogens is 2. The van der Waals surface area contributed by atoms with Gasteiger partial charge in [-0.2, -0.15) is 9.88 Å². The average Bonchev–Trinajstić information content (AvgIpc) is 2.86. The molecule has 2 aromatic heterocycles. The molecule has 0 saturated carbocycles. The van der Waals surface area contributed by atoms with Gasteiger partial charge in [0.15, 0.2) is 0 Å². The highest BCUT2D eigenvalue weighted by Gasteiger charge is 2.37. The number of amides is 2. The van der Waals surface area contributed by atoms with Crippen LogP contribution < -0.4 is 9.64 Å². The molecule has 0 spiro atoms. The minimum Gasteiger partial charge on any atom is -0.496 e. The van der Waals surface area contributed by atoms with Gasteiger partial charge < -0.3 is 18.7 Å². The minimum absolute atomic E-state index is 0.00790. The van der Waals surface area contributed by atoms with Crippen LogP contribution >= 0.6 is 11.6 Å². The highest BCUT2D eigenvalue weighted by Crippen LogP contribution is 2.36. The SMILES string of the molecule is COc1cc(Cl)nc2onc(N(C(=O)OC(C)(C)C)C(=O)OC(C)(C)C)c12. The van der Waals surface area contributed by atoms with Crippen LogP contribution in [0.1, 0.15) is 41.5 Å². The minimum atomic E-state index is -0.982. The molecule has 10 heteroatoms. The maximum absolute atomic E-state index is 12.7. The lowest BCUT2D eigenvalue weighted by Gasteiger charge is -2.27. The largest absolute Gasteiger partial charge is 0.496 e. The van der Waals surface area contributed by atoms with Gasteiger partial charge in [-0.15, -0.1) is 0 Å². The van der Waals surface area contributed by atoms with Crippen molar-refractivity contribution in [1.82, 2.24) is 10.1 Å². The smallest absolute Gasteiger partial charge is 0.425 e. The molecule has 0 unspecified atom stereocenters. The molecule has 0 aliphatic rings. The number of fused-ring (bicyclic) bond motifs is 1. The van der Waals surface area contributed by atoms with Crippen molar-refractivity contribution in [1.29, 1.82) is 0 Å². The van der Waals surface area contributed by atoms with Crippen molar-refractivity contribution in [3.8, 4) is 5.75 Å². The second kappa shape index (κ2) is 7.22. The van der Waals surface area contributed by atoms with Crippen LogP contribution in [0.4, 0.5) is 15.4 Å². The van der Waals surface area contributed by atoms with Gasteiger partial charge in [-0.3, -0.25) is 0 Å². The van der Waals surface area contributed by atoms with E-state index in [1.54, 1.807) is 41.5 Å². The monoisotopic (exact) mass is 399 g/mol. The molecule has 0 N–H and O–H groups in total. The molecule has 27 heavy (non-hydrogen) atoms. The van der Waals surface area contributed by atoms with Crippen LogP contribution in [-0.2, 0) is 9.47 Å². The fourth-order valence-electron chi connectivity index (χ4n) is 2.05. The molecule has 2 amide bonds. The number of methoxy groups -OCH3 is 1. The van der Waals surface area contributed by atoms with Crippen molar-refractivity contribution in [2.75, 3.05) is 12.0 Å². The zero-order valence-corrected chi connectivity index (χ0v) is 17.0. The molecule has 0 atom stereocenters. The van der Waals surface area contributed by atoms with E-state index in [-0.39, 0.29) is 27.8 Å². The van der Waals surface area contributed by atoms with Crippen LogP contribution in [0.2, 0.25) is 5.15 Å². The van der Waals surface area contributed by atoms with E-state index in [2.05, 4.69) is 10.1 Å². The van der Waals surface area contributed by atoms with Crippen LogP contribution in [0.15, 0.2) is 10.6 Å². The first-order valence-electron chi connectivity index (χ1n) is 8.08. The summed E-state index contributed by atoms with van der Waals surface area (Å²) in [5, 5.41) is 4.08. The van der Waals surface area contributed by atoms with Gasteiger partial charge in [-0.1, -0.05) is 16.8 Å². The zero-order chi connectivity index (χ0) is 20.6. The molecule has 0 aliphatic heterocycles. The highest BCUT2D eigenvalue weighted by atomic mass is 35.5. The first-order chi connectivity index (χ1) is 12.3. The molecular weight excluding hydrogens is 378 g/mol. The van der Waals surface area contributed by atoms with Crippen LogP contribution in [0, 0.1) is 0 Å². The number of hydrogen-bond acceptors (Lipinski definition) is 8. The van der Waals surface area contributed by atoms with Gasteiger partial charge in [0.2, 0.25) is 5.82 Å². The Hall–Kier alpha value is -2.55. The molecule has 0 bridgehead atoms. The highest BCUT2D eigenvalue weighted by molar-refractivity contribution is 6.30. The van der Waals surface area contributed by atoms with E-state index in [1.807, 2.05) is 0 Å². The summed E-state index contributed by atoms with van der Waals surface area (Å²) in [4.78, 5) is 30.1. The first-order valence-corrected chi connectivity index (χ1v) is 8.46. The Morgan fingerprint density at radius 1 is 1.07 bits per heavy atom. The topological polar surface area (TPSA) is 104 Å². The number of carbonyl (C=O) groups is 2. The van der Waals surface area contributed by atoms with Gasteiger partial charge in [-0.05, 0) is 41.5 Å². The van der Waals surface area contributed by atoms with E-state index in [4.69, 9.17) is 30.3 Å². The molecule has 2 heterocycles. The molecule has 148 valence electrons. The van der Waals surface area contributed by atoms with Crippen LogP contribution in [-0.4, -0.2) is 40.6 Å². The quantitative estimate of drug-likeness (QED) is 0.676. The van der Waals surface area contributed by atoms with E-state index < -0.39 is 23.4 Å². The zero-order valence-electron chi connectivity index (χ0n) is 16.2. The molecule has 0 radical (unpaired) electrons. The van der Waals surface area contributed by atoms with Gasteiger partial charge >= 0.3 is 12.2 Å². The standard InChI is InChI=1S/C17H22ClN3O6/c1-16(2,3)25-14(22)21(15(23)26-17(4,5)6)12-11-9(24-7)8-10(18)19-13(11)27-20-12/h8H,1-7H3. The van der Waals surface area contributed by atoms with E-state index in [1.165, 1.54) is 13.2 Å². The molecule has 9 nitrogen and oxygen atoms in total. The fraction of sp³-hybridized carbons (Fsp3) is 0.529. The Morgan fingerprint density at radius 3 is 2.04 bits per heavy atom. The maximum atomic E-state index is 12.7. The Kier molecular flexibility index (Phi) is 5.55. The van der Waals surface area contributed by atoms with Gasteiger partial charge in [0.25, 0.3) is 5.71 Å². The van der Waals surface area contributed by atoms with Crippen molar-refractivity contribution < 1.29 is 28.3 Å². The molecule has 2 aromatic rings. The Bertz CT molecular complexity index is 838. The van der Waals surface area contributed by atoms with Crippen LogP contribution in [0.3, 0.4) is 0 Å². The molecule has 0 fully saturated rings. The number of anilines is 1. The van der Waals surface area contributed by atoms with Crippen molar-refractivity contribution in [2.45, 2.75) is 52.7 Å². The van der Waals surface area contributed by atoms with Crippen molar-refractivity contribution in [3.63, 3.8) is 0 Å². The third-order valence-corrected chi connectivity index (χ3v) is 3.14. The first kappa shape index (κ1) is 20.8. The molecule has 0 aliphatic carbocycles. The second-order valence-corrected chi connectivity index (χ2v) is 8.02. The predicted octanol–water partition coefficient (Wildman–Crippen LogP) is 4.56. The normalized spacial score (nSPS) is 12.0. The van der Waals surface area contributed by atoms with Crippen LogP contribution in [0.25, 0.3) is 11.1 Å². The van der Waals surface area contributed by atoms with Gasteiger partial charge in [-0.25, -0.2) is 9.59 Å². The molecule has 2 rings (SSSR count). The second-order valence-electron chi connectivity index (χ2n) is 7.63. The summed E-state index contributed by atoms with van der Waals surface area (Å²) in [5.74, 6) is 0.0490. The predicted molar refractivity (Wildman–Crippen MR) is 98.3 cm³/mol. The Morgan fingerprint density at radius 2 is 1.59 bits per heavy atom. The summed E-state index contributed by atoms with van der Waals surface area (Å²) in [6, 6.07) is 1.41. The van der Waals surface area contributed by atoms with Crippen molar-refractivity contribution >= 4 is 40.7 Å². The Balaban J connectivity index is 2.61. The van der Waals surface area contributed by atoms with Crippen LogP contribution in [0.5, 0.6) is 5.75 Å². The molecule has 0 aromatic carbocycles. The summed E-state index contributed by atoms with van der Waals surface area (Å²) in [5.41, 5.74) is -1.73. The number of pyridine rings is 1. The van der Waals surface area contributed by atoms with E-state index in [9.17, 15) is 9.59 Å². The summed E-state index contributed by atoms with van der Waals surface area (Å²) >= 11 is 5.92. The third kappa shape index (κ3) is 5.00. The average molecular weight is 400 g/mol. The fourth-order valence-corrected chi connectivity index (χ4v) is 2.23. The lowest BCUT2D eigenvalue weighted by atomic mass is 10.2. The molecule has 0 saturated heterocycles. The number of hydrogen-bond donors (Lipinski definition) is 0. The summed E-state index contributed by atoms with van der Waals surface area (Å²) < 4.78 is 21.0. The van der Waals surface area contributed by atoms with E-state index in [0.29, 0.717) is 4.90 Å². The number of ether oxygens (including phenoxy) is 3. The van der Waals surface area contributed by atoms with E-state index >= 15 is 0 Å². The van der Waals surface area contributed by atoms with Gasteiger partial charge in [0.1, 0.15) is 27.5 Å². The summed E-state index contributed by atoms with van der Waals surface area (Å²) in [6.07, 6.45) is -1.96. The molecular formula is C17H22ClN3O6. The summed E-state index contributed by atoms with van der Waals surface area (Å²) in [7, 11) is 1.40.